The van der Waals surface area contributed by atoms with Crippen LogP contribution in [0.3, 0.4) is 0 Å². The van der Waals surface area contributed by atoms with Crippen molar-refractivity contribution in [3.05, 3.63) is 16.1 Å². The van der Waals surface area contributed by atoms with Crippen molar-refractivity contribution in [2.75, 3.05) is 20.6 Å². The number of nitrogens with one attached hydrogen (secondary N) is 1. The Kier molecular flexibility index (Phi) is 5.95. The second-order valence-electron chi connectivity index (χ2n) is 4.28. The molecule has 0 amide bonds. The van der Waals surface area contributed by atoms with Gasteiger partial charge >= 0.3 is 0 Å². The second kappa shape index (κ2) is 6.99. The largest absolute Gasteiger partial charge is 0.318 e. The van der Waals surface area contributed by atoms with E-state index in [1.54, 1.807) is 11.3 Å². The van der Waals surface area contributed by atoms with Gasteiger partial charge in [-0.1, -0.05) is 13.3 Å². The highest BCUT2D eigenvalue weighted by Gasteiger charge is 2.14. The van der Waals surface area contributed by atoms with Crippen LogP contribution in [0.2, 0.25) is 0 Å². The predicted molar refractivity (Wildman–Crippen MR) is 70.9 cm³/mol. The molecule has 1 atom stereocenters. The molecule has 0 radical (unpaired) electrons. The predicted octanol–water partition coefficient (Wildman–Crippen LogP) is 2.27. The Morgan fingerprint density at radius 2 is 2.31 bits per heavy atom. The molecule has 1 aromatic rings. The summed E-state index contributed by atoms with van der Waals surface area (Å²) in [7, 11) is 4.23. The van der Waals surface area contributed by atoms with Crippen molar-refractivity contribution < 1.29 is 0 Å². The molecule has 0 aliphatic carbocycles. The van der Waals surface area contributed by atoms with Crippen LogP contribution in [0, 0.1) is 6.92 Å². The summed E-state index contributed by atoms with van der Waals surface area (Å²) in [6.45, 7) is 6.41. The molecule has 1 unspecified atom stereocenters. The Morgan fingerprint density at radius 3 is 2.81 bits per heavy atom. The van der Waals surface area contributed by atoms with Gasteiger partial charge in [-0.25, -0.2) is 4.98 Å². The summed E-state index contributed by atoms with van der Waals surface area (Å²) in [4.78, 5) is 8.12. The monoisotopic (exact) mass is 241 g/mol. The zero-order valence-corrected chi connectivity index (χ0v) is 11.6. The Balaban J connectivity index is 2.54. The summed E-state index contributed by atoms with van der Waals surface area (Å²) in [5, 5.41) is 3.27. The molecule has 0 saturated carbocycles. The lowest BCUT2D eigenvalue weighted by molar-refractivity contribution is 0.219. The summed E-state index contributed by atoms with van der Waals surface area (Å²) in [6, 6.07) is 0.622. The standard InChI is InChI=1S/C12H23N3S/c1-5-6-11(7-13-3)15(4)8-12-10(2)14-9-16-12/h9,11,13H,5-8H2,1-4H3. The minimum Gasteiger partial charge on any atom is -0.318 e. The Hall–Kier alpha value is -0.450. The maximum atomic E-state index is 4.30. The molecule has 0 spiro atoms. The maximum Gasteiger partial charge on any atom is 0.0798 e. The summed E-state index contributed by atoms with van der Waals surface area (Å²) in [5.41, 5.74) is 3.11. The SMILES string of the molecule is CCCC(CNC)N(C)Cc1scnc1C. The molecule has 16 heavy (non-hydrogen) atoms. The third-order valence-corrected chi connectivity index (χ3v) is 3.84. The van der Waals surface area contributed by atoms with E-state index < -0.39 is 0 Å². The number of likely N-dealkylation sites (N-methyl/N-ethyl adjacent to an activating group) is 2. The van der Waals surface area contributed by atoms with Gasteiger partial charge in [0, 0.05) is 24.0 Å². The van der Waals surface area contributed by atoms with E-state index in [9.17, 15) is 0 Å². The second-order valence-corrected chi connectivity index (χ2v) is 5.22. The number of nitrogens with zero attached hydrogens (tertiary/aromatic N) is 2. The van der Waals surface area contributed by atoms with E-state index in [-0.39, 0.29) is 0 Å². The lowest BCUT2D eigenvalue weighted by Crippen LogP contribution is -2.38. The van der Waals surface area contributed by atoms with E-state index in [0.29, 0.717) is 6.04 Å². The molecule has 1 heterocycles. The summed E-state index contributed by atoms with van der Waals surface area (Å²) in [6.07, 6.45) is 2.48. The molecule has 3 nitrogen and oxygen atoms in total. The molecular formula is C12H23N3S. The highest BCUT2D eigenvalue weighted by molar-refractivity contribution is 7.09. The van der Waals surface area contributed by atoms with E-state index in [0.717, 1.165) is 13.1 Å². The van der Waals surface area contributed by atoms with Crippen LogP contribution < -0.4 is 5.32 Å². The first-order valence-electron chi connectivity index (χ1n) is 5.92. The fourth-order valence-corrected chi connectivity index (χ4v) is 2.72. The van der Waals surface area contributed by atoms with Gasteiger partial charge in [0.1, 0.15) is 0 Å². The smallest absolute Gasteiger partial charge is 0.0798 e. The minimum atomic E-state index is 0.622. The Bertz CT molecular complexity index is 292. The molecule has 0 bridgehead atoms. The van der Waals surface area contributed by atoms with Gasteiger partial charge < -0.3 is 5.32 Å². The van der Waals surface area contributed by atoms with Crippen molar-refractivity contribution in [1.29, 1.82) is 0 Å². The number of rotatable bonds is 7. The van der Waals surface area contributed by atoms with E-state index >= 15 is 0 Å². The number of thiazole rings is 1. The highest BCUT2D eigenvalue weighted by Crippen LogP contribution is 2.16. The van der Waals surface area contributed by atoms with Gasteiger partial charge in [0.05, 0.1) is 11.2 Å². The number of hydrogen-bond acceptors (Lipinski definition) is 4. The molecule has 1 aromatic heterocycles. The molecule has 0 aliphatic rings. The van der Waals surface area contributed by atoms with Crippen LogP contribution in [-0.2, 0) is 6.54 Å². The lowest BCUT2D eigenvalue weighted by Gasteiger charge is -2.27. The van der Waals surface area contributed by atoms with Crippen LogP contribution in [0.1, 0.15) is 30.3 Å². The molecule has 0 saturated heterocycles. The summed E-state index contributed by atoms with van der Waals surface area (Å²) >= 11 is 1.76. The molecule has 1 N–H and O–H groups in total. The topological polar surface area (TPSA) is 28.2 Å². The van der Waals surface area contributed by atoms with Crippen LogP contribution in [0.25, 0.3) is 0 Å². The molecule has 0 aromatic carbocycles. The number of hydrogen-bond donors (Lipinski definition) is 1. The zero-order valence-electron chi connectivity index (χ0n) is 10.8. The highest BCUT2D eigenvalue weighted by atomic mass is 32.1. The van der Waals surface area contributed by atoms with Gasteiger partial charge in [-0.05, 0) is 27.4 Å². The van der Waals surface area contributed by atoms with E-state index in [4.69, 9.17) is 0 Å². The summed E-state index contributed by atoms with van der Waals surface area (Å²) in [5.74, 6) is 0. The third-order valence-electron chi connectivity index (χ3n) is 2.92. The molecule has 4 heteroatoms. The zero-order chi connectivity index (χ0) is 12.0. The Labute approximate surface area is 103 Å². The molecule has 0 fully saturated rings. The first-order chi connectivity index (χ1) is 7.69. The Morgan fingerprint density at radius 1 is 1.56 bits per heavy atom. The fourth-order valence-electron chi connectivity index (χ4n) is 1.88. The van der Waals surface area contributed by atoms with Gasteiger partial charge in [-0.15, -0.1) is 11.3 Å². The first-order valence-corrected chi connectivity index (χ1v) is 6.80. The molecule has 92 valence electrons. The normalized spacial score (nSPS) is 13.3. The summed E-state index contributed by atoms with van der Waals surface area (Å²) < 4.78 is 0. The van der Waals surface area contributed by atoms with Crippen molar-refractivity contribution in [2.45, 2.75) is 39.3 Å². The van der Waals surface area contributed by atoms with Crippen molar-refractivity contribution in [1.82, 2.24) is 15.2 Å². The maximum absolute atomic E-state index is 4.30. The van der Waals surface area contributed by atoms with Crippen LogP contribution in [-0.4, -0.2) is 36.6 Å². The molecule has 0 aliphatic heterocycles. The van der Waals surface area contributed by atoms with Gasteiger partial charge in [0.15, 0.2) is 0 Å². The minimum absolute atomic E-state index is 0.622. The van der Waals surface area contributed by atoms with Crippen LogP contribution >= 0.6 is 11.3 Å². The molecule has 1 rings (SSSR count). The third kappa shape index (κ3) is 3.85. The number of aromatic nitrogens is 1. The van der Waals surface area contributed by atoms with Crippen LogP contribution in [0.15, 0.2) is 5.51 Å². The van der Waals surface area contributed by atoms with Crippen LogP contribution in [0.5, 0.6) is 0 Å². The lowest BCUT2D eigenvalue weighted by atomic mass is 10.1. The van der Waals surface area contributed by atoms with Gasteiger partial charge in [-0.3, -0.25) is 4.90 Å². The van der Waals surface area contributed by atoms with Crippen molar-refractivity contribution >= 4 is 11.3 Å². The average Bonchev–Trinajstić information content (AvgIpc) is 2.64. The molecular weight excluding hydrogens is 218 g/mol. The van der Waals surface area contributed by atoms with Crippen LogP contribution in [0.4, 0.5) is 0 Å². The van der Waals surface area contributed by atoms with E-state index in [1.165, 1.54) is 23.4 Å². The van der Waals surface area contributed by atoms with E-state index in [1.807, 2.05) is 12.6 Å². The van der Waals surface area contributed by atoms with Gasteiger partial charge in [0.25, 0.3) is 0 Å². The van der Waals surface area contributed by atoms with Crippen molar-refractivity contribution in [3.8, 4) is 0 Å². The van der Waals surface area contributed by atoms with Gasteiger partial charge in [0.2, 0.25) is 0 Å². The first kappa shape index (κ1) is 13.6. The average molecular weight is 241 g/mol. The van der Waals surface area contributed by atoms with Gasteiger partial charge in [-0.2, -0.15) is 0 Å². The van der Waals surface area contributed by atoms with E-state index in [2.05, 4.69) is 36.1 Å². The quantitative estimate of drug-likeness (QED) is 0.794. The van der Waals surface area contributed by atoms with Crippen molar-refractivity contribution in [2.24, 2.45) is 0 Å². The van der Waals surface area contributed by atoms with Crippen molar-refractivity contribution in [3.63, 3.8) is 0 Å². The number of aryl methyl sites for hydroxylation is 1. The fraction of sp³-hybridized carbons (Fsp3) is 0.750.